The van der Waals surface area contributed by atoms with E-state index in [0.717, 1.165) is 0 Å². The van der Waals surface area contributed by atoms with Gasteiger partial charge >= 0.3 is 5.97 Å². The molecule has 6 N–H and O–H groups in total. The van der Waals surface area contributed by atoms with Gasteiger partial charge in [0.2, 0.25) is 17.7 Å². The molecule has 0 fully saturated rings. The Hall–Kier alpha value is -1.81. The predicted molar refractivity (Wildman–Crippen MR) is 110 cm³/mol. The SMILES string of the molecule is CC(C)C(N)C(=O)NC(C(=O)NC(CS)C(=O)NC(C(=O)O)C(C)C)C(C)C. The molecule has 0 aromatic heterocycles. The minimum absolute atomic E-state index is 0.0354. The van der Waals surface area contributed by atoms with Crippen LogP contribution < -0.4 is 21.7 Å². The van der Waals surface area contributed by atoms with Gasteiger partial charge in [-0.3, -0.25) is 14.4 Å². The third-order valence-electron chi connectivity index (χ3n) is 4.31. The summed E-state index contributed by atoms with van der Waals surface area (Å²) in [7, 11) is 0. The van der Waals surface area contributed by atoms with Gasteiger partial charge < -0.3 is 26.8 Å². The standard InChI is InChI=1S/C18H34N4O5S/c1-8(2)12(19)16(24)21-13(9(3)4)17(25)20-11(7-28)15(23)22-14(10(5)6)18(26)27/h8-14,28H,7,19H2,1-6H3,(H,20,25)(H,21,24)(H,22,23)(H,26,27). The van der Waals surface area contributed by atoms with E-state index in [4.69, 9.17) is 5.73 Å². The highest BCUT2D eigenvalue weighted by molar-refractivity contribution is 7.80. The Labute approximate surface area is 172 Å². The van der Waals surface area contributed by atoms with Crippen LogP contribution in [0.5, 0.6) is 0 Å². The summed E-state index contributed by atoms with van der Waals surface area (Å²) in [6, 6.07) is -3.79. The molecule has 0 saturated heterocycles. The fraction of sp³-hybridized carbons (Fsp3) is 0.778. The summed E-state index contributed by atoms with van der Waals surface area (Å²) < 4.78 is 0. The molecule has 0 radical (unpaired) electrons. The van der Waals surface area contributed by atoms with E-state index in [-0.39, 0.29) is 23.5 Å². The van der Waals surface area contributed by atoms with E-state index < -0.39 is 47.9 Å². The lowest BCUT2D eigenvalue weighted by Gasteiger charge is -2.27. The zero-order chi connectivity index (χ0) is 22.2. The Balaban J connectivity index is 5.18. The first-order valence-electron chi connectivity index (χ1n) is 9.33. The van der Waals surface area contributed by atoms with Crippen LogP contribution in [0, 0.1) is 17.8 Å². The van der Waals surface area contributed by atoms with Gasteiger partial charge in [-0.15, -0.1) is 0 Å². The Morgan fingerprint density at radius 1 is 0.786 bits per heavy atom. The molecule has 9 nitrogen and oxygen atoms in total. The molecular formula is C18H34N4O5S. The van der Waals surface area contributed by atoms with Crippen LogP contribution in [0.15, 0.2) is 0 Å². The van der Waals surface area contributed by atoms with E-state index in [0.29, 0.717) is 0 Å². The van der Waals surface area contributed by atoms with Crippen molar-refractivity contribution >= 4 is 36.3 Å². The van der Waals surface area contributed by atoms with Crippen LogP contribution in [-0.2, 0) is 19.2 Å². The summed E-state index contributed by atoms with van der Waals surface area (Å²) >= 11 is 4.07. The van der Waals surface area contributed by atoms with Gasteiger partial charge in [0.25, 0.3) is 0 Å². The monoisotopic (exact) mass is 418 g/mol. The van der Waals surface area contributed by atoms with Gasteiger partial charge in [-0.2, -0.15) is 12.6 Å². The van der Waals surface area contributed by atoms with Gasteiger partial charge in [0, 0.05) is 5.75 Å². The minimum Gasteiger partial charge on any atom is -0.480 e. The van der Waals surface area contributed by atoms with Crippen molar-refractivity contribution in [2.75, 3.05) is 5.75 Å². The minimum atomic E-state index is -1.16. The topological polar surface area (TPSA) is 151 Å². The predicted octanol–water partition coefficient (Wildman–Crippen LogP) is -0.249. The van der Waals surface area contributed by atoms with Crippen molar-refractivity contribution < 1.29 is 24.3 Å². The molecule has 28 heavy (non-hydrogen) atoms. The first-order valence-corrected chi connectivity index (χ1v) is 9.97. The number of amides is 3. The van der Waals surface area contributed by atoms with Gasteiger partial charge in [-0.1, -0.05) is 41.5 Å². The number of nitrogens with one attached hydrogen (secondary N) is 3. The molecular weight excluding hydrogens is 384 g/mol. The number of carboxylic acid groups (broad SMARTS) is 1. The van der Waals surface area contributed by atoms with Crippen molar-refractivity contribution in [1.29, 1.82) is 0 Å². The number of nitrogens with two attached hydrogens (primary N) is 1. The van der Waals surface area contributed by atoms with Crippen molar-refractivity contribution in [2.24, 2.45) is 23.5 Å². The molecule has 0 aromatic carbocycles. The maximum absolute atomic E-state index is 12.6. The molecule has 4 atom stereocenters. The maximum atomic E-state index is 12.6. The molecule has 0 aliphatic carbocycles. The lowest BCUT2D eigenvalue weighted by molar-refractivity contribution is -0.143. The van der Waals surface area contributed by atoms with Crippen molar-refractivity contribution in [3.63, 3.8) is 0 Å². The van der Waals surface area contributed by atoms with Crippen molar-refractivity contribution in [3.05, 3.63) is 0 Å². The molecule has 162 valence electrons. The first-order chi connectivity index (χ1) is 12.8. The number of carbonyl (C=O) groups excluding carboxylic acids is 3. The molecule has 4 unspecified atom stereocenters. The van der Waals surface area contributed by atoms with Gasteiger partial charge in [0.1, 0.15) is 18.1 Å². The van der Waals surface area contributed by atoms with Crippen molar-refractivity contribution in [2.45, 2.75) is 65.7 Å². The average Bonchev–Trinajstić information content (AvgIpc) is 2.59. The molecule has 0 saturated carbocycles. The summed E-state index contributed by atoms with van der Waals surface area (Å²) in [5.74, 6) is -3.57. The highest BCUT2D eigenvalue weighted by Crippen LogP contribution is 2.07. The average molecular weight is 419 g/mol. The third kappa shape index (κ3) is 8.05. The molecule has 0 aliphatic rings. The molecule has 0 aromatic rings. The Morgan fingerprint density at radius 2 is 1.25 bits per heavy atom. The van der Waals surface area contributed by atoms with Gasteiger partial charge in [-0.05, 0) is 17.8 Å². The number of carboxylic acids is 1. The lowest BCUT2D eigenvalue weighted by Crippen LogP contribution is -2.59. The van der Waals surface area contributed by atoms with Crippen LogP contribution in [0.4, 0.5) is 0 Å². The van der Waals surface area contributed by atoms with Crippen LogP contribution >= 0.6 is 12.6 Å². The Bertz CT molecular complexity index is 568. The van der Waals surface area contributed by atoms with Crippen molar-refractivity contribution in [3.8, 4) is 0 Å². The molecule has 10 heteroatoms. The highest BCUT2D eigenvalue weighted by Gasteiger charge is 2.32. The fourth-order valence-corrected chi connectivity index (χ4v) is 2.57. The van der Waals surface area contributed by atoms with E-state index >= 15 is 0 Å². The Morgan fingerprint density at radius 3 is 1.61 bits per heavy atom. The van der Waals surface area contributed by atoms with E-state index in [1.807, 2.05) is 0 Å². The van der Waals surface area contributed by atoms with Gasteiger partial charge in [0.05, 0.1) is 6.04 Å². The molecule has 0 bridgehead atoms. The van der Waals surface area contributed by atoms with Crippen LogP contribution in [0.25, 0.3) is 0 Å². The van der Waals surface area contributed by atoms with E-state index in [2.05, 4.69) is 28.6 Å². The molecule has 3 amide bonds. The van der Waals surface area contributed by atoms with Crippen LogP contribution in [0.2, 0.25) is 0 Å². The number of thiol groups is 1. The third-order valence-corrected chi connectivity index (χ3v) is 4.68. The zero-order valence-electron chi connectivity index (χ0n) is 17.4. The van der Waals surface area contributed by atoms with Crippen LogP contribution in [0.1, 0.15) is 41.5 Å². The number of rotatable bonds is 11. The summed E-state index contributed by atoms with van der Waals surface area (Å²) in [6.45, 7) is 10.4. The Kier molecular flexibility index (Phi) is 11.1. The number of hydrogen-bond donors (Lipinski definition) is 6. The van der Waals surface area contributed by atoms with E-state index in [1.54, 1.807) is 41.5 Å². The lowest BCUT2D eigenvalue weighted by atomic mass is 10.00. The second-order valence-corrected chi connectivity index (χ2v) is 8.18. The maximum Gasteiger partial charge on any atom is 0.326 e. The second kappa shape index (κ2) is 11.9. The van der Waals surface area contributed by atoms with Gasteiger partial charge in [0.15, 0.2) is 0 Å². The number of hydrogen-bond acceptors (Lipinski definition) is 6. The normalized spacial score (nSPS) is 15.7. The summed E-state index contributed by atoms with van der Waals surface area (Å²) in [4.78, 5) is 48.5. The fourth-order valence-electron chi connectivity index (χ4n) is 2.31. The quantitative estimate of drug-likeness (QED) is 0.255. The molecule has 0 rings (SSSR count). The van der Waals surface area contributed by atoms with Gasteiger partial charge in [-0.25, -0.2) is 4.79 Å². The van der Waals surface area contributed by atoms with Crippen LogP contribution in [-0.4, -0.2) is 58.7 Å². The zero-order valence-corrected chi connectivity index (χ0v) is 18.2. The number of aliphatic carboxylic acids is 1. The summed E-state index contributed by atoms with van der Waals surface area (Å²) in [5.41, 5.74) is 5.82. The molecule has 0 heterocycles. The van der Waals surface area contributed by atoms with Crippen molar-refractivity contribution in [1.82, 2.24) is 16.0 Å². The molecule has 0 aliphatic heterocycles. The second-order valence-electron chi connectivity index (χ2n) is 7.81. The summed E-state index contributed by atoms with van der Waals surface area (Å²) in [6.07, 6.45) is 0. The number of carbonyl (C=O) groups is 4. The van der Waals surface area contributed by atoms with Crippen LogP contribution in [0.3, 0.4) is 0 Å². The van der Waals surface area contributed by atoms with E-state index in [1.165, 1.54) is 0 Å². The smallest absolute Gasteiger partial charge is 0.326 e. The highest BCUT2D eigenvalue weighted by atomic mass is 32.1. The molecule has 0 spiro atoms. The largest absolute Gasteiger partial charge is 0.480 e. The van der Waals surface area contributed by atoms with E-state index in [9.17, 15) is 24.3 Å². The first kappa shape index (κ1) is 26.2. The summed E-state index contributed by atoms with van der Waals surface area (Å²) in [5, 5.41) is 16.8.